The van der Waals surface area contributed by atoms with Crippen molar-refractivity contribution < 1.29 is 14.3 Å². The van der Waals surface area contributed by atoms with E-state index in [0.29, 0.717) is 24.4 Å². The number of hydrogen-bond acceptors (Lipinski definition) is 5. The molecule has 2 N–H and O–H groups in total. The summed E-state index contributed by atoms with van der Waals surface area (Å²) in [5.41, 5.74) is 5.11. The average Bonchev–Trinajstić information content (AvgIpc) is 2.71. The zero-order chi connectivity index (χ0) is 13.6. The molecule has 0 aromatic carbocycles. The van der Waals surface area contributed by atoms with Crippen LogP contribution >= 0.6 is 11.8 Å². The molecule has 3 atom stereocenters. The zero-order valence-electron chi connectivity index (χ0n) is 11.6. The quantitative estimate of drug-likeness (QED) is 0.568. The third-order valence-corrected chi connectivity index (χ3v) is 4.79. The second-order valence-corrected chi connectivity index (χ2v) is 6.36. The first-order valence-electron chi connectivity index (χ1n) is 6.66. The molecular weight excluding hydrogens is 250 g/mol. The topological polar surface area (TPSA) is 61.5 Å². The van der Waals surface area contributed by atoms with Crippen LogP contribution in [0.3, 0.4) is 0 Å². The van der Waals surface area contributed by atoms with Crippen LogP contribution < -0.4 is 5.73 Å². The zero-order valence-corrected chi connectivity index (χ0v) is 12.4. The van der Waals surface area contributed by atoms with E-state index < -0.39 is 5.54 Å². The summed E-state index contributed by atoms with van der Waals surface area (Å²) in [5, 5.41) is 0.594. The van der Waals surface area contributed by atoms with E-state index >= 15 is 0 Å². The van der Waals surface area contributed by atoms with Gasteiger partial charge < -0.3 is 15.2 Å². The molecule has 0 bridgehead atoms. The van der Waals surface area contributed by atoms with Crippen molar-refractivity contribution in [3.8, 4) is 0 Å². The molecular formula is C13H25NO3S. The van der Waals surface area contributed by atoms with Gasteiger partial charge in [0.25, 0.3) is 0 Å². The largest absolute Gasteiger partial charge is 0.465 e. The van der Waals surface area contributed by atoms with Crippen LogP contribution in [0.4, 0.5) is 0 Å². The van der Waals surface area contributed by atoms with Crippen LogP contribution in [-0.2, 0) is 14.3 Å². The van der Waals surface area contributed by atoms with Gasteiger partial charge in [-0.15, -0.1) is 0 Å². The highest BCUT2D eigenvalue weighted by Crippen LogP contribution is 2.27. The van der Waals surface area contributed by atoms with Crippen LogP contribution in [0.25, 0.3) is 0 Å². The molecule has 0 aromatic heterocycles. The van der Waals surface area contributed by atoms with Gasteiger partial charge in [0.05, 0.1) is 12.7 Å². The predicted molar refractivity (Wildman–Crippen MR) is 74.7 cm³/mol. The van der Waals surface area contributed by atoms with Gasteiger partial charge in [0.2, 0.25) is 0 Å². The van der Waals surface area contributed by atoms with E-state index in [-0.39, 0.29) is 5.97 Å². The molecule has 1 rings (SSSR count). The molecule has 3 unspecified atom stereocenters. The minimum Gasteiger partial charge on any atom is -0.465 e. The lowest BCUT2D eigenvalue weighted by Gasteiger charge is -2.22. The molecule has 1 fully saturated rings. The molecule has 0 amide bonds. The Morgan fingerprint density at radius 1 is 1.61 bits per heavy atom. The molecule has 1 saturated heterocycles. The van der Waals surface area contributed by atoms with Gasteiger partial charge in [-0.1, -0.05) is 0 Å². The maximum absolute atomic E-state index is 11.6. The summed E-state index contributed by atoms with van der Waals surface area (Å²) in [6.07, 6.45) is 3.08. The van der Waals surface area contributed by atoms with Crippen LogP contribution in [0.1, 0.15) is 40.0 Å². The second-order valence-electron chi connectivity index (χ2n) is 5.02. The van der Waals surface area contributed by atoms with E-state index in [0.717, 1.165) is 25.2 Å². The highest BCUT2D eigenvalue weighted by Gasteiger charge is 2.30. The lowest BCUT2D eigenvalue weighted by atomic mass is 9.98. The third-order valence-electron chi connectivity index (χ3n) is 3.22. The van der Waals surface area contributed by atoms with Gasteiger partial charge in [-0.2, -0.15) is 11.8 Å². The number of rotatable bonds is 7. The van der Waals surface area contributed by atoms with Gasteiger partial charge in [-0.05, 0) is 45.8 Å². The molecule has 1 heterocycles. The predicted octanol–water partition coefficient (Wildman–Crippen LogP) is 1.96. The molecule has 106 valence electrons. The fourth-order valence-electron chi connectivity index (χ4n) is 2.00. The van der Waals surface area contributed by atoms with Crippen LogP contribution in [0.2, 0.25) is 0 Å². The fraction of sp³-hybridized carbons (Fsp3) is 0.923. The Kier molecular flexibility index (Phi) is 6.46. The molecule has 0 spiro atoms. The number of nitrogens with two attached hydrogens (primary N) is 1. The molecule has 0 saturated carbocycles. The van der Waals surface area contributed by atoms with Crippen molar-refractivity contribution in [2.45, 2.75) is 56.9 Å². The number of hydrogen-bond donors (Lipinski definition) is 1. The highest BCUT2D eigenvalue weighted by atomic mass is 32.2. The molecule has 0 aromatic rings. The maximum atomic E-state index is 11.6. The van der Waals surface area contributed by atoms with Crippen molar-refractivity contribution in [3.63, 3.8) is 0 Å². The van der Waals surface area contributed by atoms with Crippen LogP contribution in [0.15, 0.2) is 0 Å². The summed E-state index contributed by atoms with van der Waals surface area (Å²) in [5.74, 6) is 0.720. The lowest BCUT2D eigenvalue weighted by molar-refractivity contribution is -0.149. The fourth-order valence-corrected chi connectivity index (χ4v) is 3.23. The molecule has 0 aliphatic carbocycles. The van der Waals surface area contributed by atoms with Crippen LogP contribution in [0, 0.1) is 0 Å². The van der Waals surface area contributed by atoms with Gasteiger partial charge in [0, 0.05) is 11.9 Å². The Morgan fingerprint density at radius 2 is 2.33 bits per heavy atom. The summed E-state index contributed by atoms with van der Waals surface area (Å²) in [6, 6.07) is 0. The summed E-state index contributed by atoms with van der Waals surface area (Å²) in [4.78, 5) is 11.6. The maximum Gasteiger partial charge on any atom is 0.325 e. The average molecular weight is 275 g/mol. The summed E-state index contributed by atoms with van der Waals surface area (Å²) < 4.78 is 10.5. The van der Waals surface area contributed by atoms with E-state index in [1.807, 2.05) is 11.8 Å². The highest BCUT2D eigenvalue weighted by molar-refractivity contribution is 7.99. The van der Waals surface area contributed by atoms with Gasteiger partial charge in [-0.3, -0.25) is 4.79 Å². The Hall–Kier alpha value is -0.260. The normalized spacial score (nSPS) is 26.9. The van der Waals surface area contributed by atoms with Crippen molar-refractivity contribution >= 4 is 17.7 Å². The SMILES string of the molecule is CCOC(=O)C(C)(N)CCCSC1CCOC1C. The molecule has 0 radical (unpaired) electrons. The van der Waals surface area contributed by atoms with E-state index in [4.69, 9.17) is 15.2 Å². The molecule has 18 heavy (non-hydrogen) atoms. The number of ether oxygens (including phenoxy) is 2. The van der Waals surface area contributed by atoms with Gasteiger partial charge in [-0.25, -0.2) is 0 Å². The van der Waals surface area contributed by atoms with Crippen molar-refractivity contribution in [1.29, 1.82) is 0 Å². The number of esters is 1. The second kappa shape index (κ2) is 7.36. The Balaban J connectivity index is 2.18. The Labute approximate surface area is 114 Å². The summed E-state index contributed by atoms with van der Waals surface area (Å²) in [6.45, 7) is 6.92. The van der Waals surface area contributed by atoms with E-state index in [1.54, 1.807) is 13.8 Å². The van der Waals surface area contributed by atoms with E-state index in [2.05, 4.69) is 6.92 Å². The first-order chi connectivity index (χ1) is 8.47. The van der Waals surface area contributed by atoms with Gasteiger partial charge in [0.15, 0.2) is 0 Å². The third kappa shape index (κ3) is 4.78. The Morgan fingerprint density at radius 3 is 2.89 bits per heavy atom. The molecule has 1 aliphatic heterocycles. The van der Waals surface area contributed by atoms with E-state index in [9.17, 15) is 4.79 Å². The van der Waals surface area contributed by atoms with E-state index in [1.165, 1.54) is 0 Å². The lowest BCUT2D eigenvalue weighted by Crippen LogP contribution is -2.46. The summed E-state index contributed by atoms with van der Waals surface area (Å²) in [7, 11) is 0. The molecule has 4 nitrogen and oxygen atoms in total. The van der Waals surface area contributed by atoms with Crippen LogP contribution in [-0.4, -0.2) is 41.8 Å². The number of carbonyl (C=O) groups excluding carboxylic acids is 1. The first kappa shape index (κ1) is 15.8. The number of thioether (sulfide) groups is 1. The monoisotopic (exact) mass is 275 g/mol. The van der Waals surface area contributed by atoms with Crippen molar-refractivity contribution in [1.82, 2.24) is 0 Å². The summed E-state index contributed by atoms with van der Waals surface area (Å²) >= 11 is 1.93. The van der Waals surface area contributed by atoms with Crippen molar-refractivity contribution in [3.05, 3.63) is 0 Å². The smallest absolute Gasteiger partial charge is 0.325 e. The molecule has 1 aliphatic rings. The van der Waals surface area contributed by atoms with Gasteiger partial charge >= 0.3 is 5.97 Å². The minimum atomic E-state index is -0.853. The van der Waals surface area contributed by atoms with Crippen molar-refractivity contribution in [2.75, 3.05) is 19.0 Å². The number of carbonyl (C=O) groups is 1. The molecule has 5 heteroatoms. The van der Waals surface area contributed by atoms with Gasteiger partial charge in [0.1, 0.15) is 5.54 Å². The minimum absolute atomic E-state index is 0.299. The standard InChI is InChI=1S/C13H25NO3S/c1-4-16-12(15)13(3,14)7-5-9-18-11-6-8-17-10(11)2/h10-11H,4-9,14H2,1-3H3. The van der Waals surface area contributed by atoms with Crippen molar-refractivity contribution in [2.24, 2.45) is 5.73 Å². The Bertz CT molecular complexity index is 271. The first-order valence-corrected chi connectivity index (χ1v) is 7.71. The van der Waals surface area contributed by atoms with Crippen LogP contribution in [0.5, 0.6) is 0 Å².